The van der Waals surface area contributed by atoms with Crippen molar-refractivity contribution in [2.45, 2.75) is 78.3 Å². The van der Waals surface area contributed by atoms with E-state index in [1.165, 1.54) is 0 Å². The molecular formula is C23H38N4O4. The quantitative estimate of drug-likeness (QED) is 0.544. The Balaban J connectivity index is 0.000000176. The zero-order valence-corrected chi connectivity index (χ0v) is 19.5. The molecule has 4 fully saturated rings. The maximum atomic E-state index is 12.0. The van der Waals surface area contributed by atoms with Crippen molar-refractivity contribution in [1.29, 1.82) is 0 Å². The van der Waals surface area contributed by atoms with Gasteiger partial charge >= 0.3 is 0 Å². The van der Waals surface area contributed by atoms with Gasteiger partial charge in [-0.05, 0) is 48.3 Å². The van der Waals surface area contributed by atoms with Crippen molar-refractivity contribution in [1.82, 2.24) is 15.5 Å². The summed E-state index contributed by atoms with van der Waals surface area (Å²) in [6.07, 6.45) is 4.19. The number of primary amides is 1. The summed E-state index contributed by atoms with van der Waals surface area (Å²) in [5.41, 5.74) is 5.77. The van der Waals surface area contributed by atoms with E-state index in [4.69, 9.17) is 5.73 Å². The van der Waals surface area contributed by atoms with Gasteiger partial charge in [-0.3, -0.25) is 19.2 Å². The highest BCUT2D eigenvalue weighted by Crippen LogP contribution is 2.62. The van der Waals surface area contributed by atoms with E-state index >= 15 is 0 Å². The molecule has 4 aliphatic rings. The minimum atomic E-state index is -0.748. The van der Waals surface area contributed by atoms with Gasteiger partial charge in [0, 0.05) is 31.0 Å². The number of likely N-dealkylation sites (tertiary alicyclic amines) is 1. The van der Waals surface area contributed by atoms with Gasteiger partial charge in [0.1, 0.15) is 6.04 Å². The minimum absolute atomic E-state index is 0.00880. The van der Waals surface area contributed by atoms with Gasteiger partial charge in [0.25, 0.3) is 0 Å². The molecule has 4 amide bonds. The molecule has 0 bridgehead atoms. The number of nitrogens with zero attached hydrogens (tertiary/aromatic N) is 1. The molecule has 1 spiro atoms. The smallest absolute Gasteiger partial charge is 0.240 e. The predicted molar refractivity (Wildman–Crippen MR) is 116 cm³/mol. The number of piperidine rings is 1. The van der Waals surface area contributed by atoms with Crippen LogP contribution in [0.25, 0.3) is 0 Å². The van der Waals surface area contributed by atoms with Crippen LogP contribution in [-0.2, 0) is 19.2 Å². The van der Waals surface area contributed by atoms with Crippen LogP contribution in [0, 0.1) is 28.6 Å². The largest absolute Gasteiger partial charge is 0.368 e. The highest BCUT2D eigenvalue weighted by atomic mass is 16.2. The number of fused-ring (bicyclic) bond motifs is 1. The van der Waals surface area contributed by atoms with Crippen molar-refractivity contribution in [2.24, 2.45) is 34.3 Å². The molecule has 2 saturated carbocycles. The Labute approximate surface area is 185 Å². The van der Waals surface area contributed by atoms with Gasteiger partial charge in [-0.15, -0.1) is 0 Å². The summed E-state index contributed by atoms with van der Waals surface area (Å²) in [6, 6.07) is -0.748. The Morgan fingerprint density at radius 3 is 2.26 bits per heavy atom. The maximum Gasteiger partial charge on any atom is 0.240 e. The third-order valence-corrected chi connectivity index (χ3v) is 7.54. The zero-order chi connectivity index (χ0) is 23.2. The lowest BCUT2D eigenvalue weighted by Gasteiger charge is -2.26. The van der Waals surface area contributed by atoms with Gasteiger partial charge in [0.05, 0.1) is 0 Å². The van der Waals surface area contributed by atoms with Crippen LogP contribution in [0.3, 0.4) is 0 Å². The van der Waals surface area contributed by atoms with Crippen LogP contribution in [0.2, 0.25) is 0 Å². The van der Waals surface area contributed by atoms with Crippen molar-refractivity contribution in [3.63, 3.8) is 0 Å². The van der Waals surface area contributed by atoms with Crippen LogP contribution >= 0.6 is 0 Å². The molecule has 8 heteroatoms. The van der Waals surface area contributed by atoms with Crippen LogP contribution < -0.4 is 16.4 Å². The molecule has 31 heavy (non-hydrogen) atoms. The number of carbonyl (C=O) groups excluding carboxylic acids is 4. The normalized spacial score (nSPS) is 29.9. The second-order valence-electron chi connectivity index (χ2n) is 11.7. The molecular weight excluding hydrogens is 396 g/mol. The van der Waals surface area contributed by atoms with Gasteiger partial charge in [0.15, 0.2) is 0 Å². The Bertz CT molecular complexity index is 739. The summed E-state index contributed by atoms with van der Waals surface area (Å²) >= 11 is 0. The van der Waals surface area contributed by atoms with E-state index in [1.54, 1.807) is 0 Å². The van der Waals surface area contributed by atoms with Gasteiger partial charge in [-0.25, -0.2) is 0 Å². The van der Waals surface area contributed by atoms with E-state index in [0.29, 0.717) is 30.6 Å². The van der Waals surface area contributed by atoms with Gasteiger partial charge in [-0.1, -0.05) is 34.6 Å². The predicted octanol–water partition coefficient (Wildman–Crippen LogP) is 1.18. The standard InChI is InChI=1S/C13H23NO.C10H15N3O3/c1-12(2,3)6-11(15)14-7-9-10(8-14)13(9,4)5;11-8(15)7(12-5-14)3-6-4-10(1-2-10)13-9(6)16/h9-10H,6-8H2,1-5H3;5-7H,1-4H2,(H2,11,15)(H,12,14)(H,13,16)/t;6?,7-/m.0/s1. The number of hydrogen-bond acceptors (Lipinski definition) is 4. The molecule has 3 unspecified atom stereocenters. The number of rotatable bonds is 6. The summed E-state index contributed by atoms with van der Waals surface area (Å²) in [6.45, 7) is 13.1. The summed E-state index contributed by atoms with van der Waals surface area (Å²) < 4.78 is 0. The number of nitrogens with two attached hydrogens (primary N) is 1. The van der Waals surface area contributed by atoms with Crippen LogP contribution in [0.1, 0.15) is 66.7 Å². The number of carbonyl (C=O) groups is 4. The van der Waals surface area contributed by atoms with Crippen molar-refractivity contribution in [2.75, 3.05) is 13.1 Å². The second-order valence-corrected chi connectivity index (χ2v) is 11.7. The monoisotopic (exact) mass is 434 g/mol. The molecule has 0 aromatic rings. The lowest BCUT2D eigenvalue weighted by molar-refractivity contribution is -0.133. The van der Waals surface area contributed by atoms with Crippen molar-refractivity contribution in [3.05, 3.63) is 0 Å². The topological polar surface area (TPSA) is 122 Å². The summed E-state index contributed by atoms with van der Waals surface area (Å²) in [4.78, 5) is 47.0. The fourth-order valence-corrected chi connectivity index (χ4v) is 5.18. The third-order valence-electron chi connectivity index (χ3n) is 7.54. The molecule has 2 aliphatic heterocycles. The first kappa shape index (κ1) is 23.5. The molecule has 2 aliphatic carbocycles. The fraction of sp³-hybridized carbons (Fsp3) is 0.826. The Hall–Kier alpha value is -2.12. The Morgan fingerprint density at radius 1 is 1.26 bits per heavy atom. The first-order chi connectivity index (χ1) is 14.3. The van der Waals surface area contributed by atoms with Crippen LogP contribution in [0.4, 0.5) is 0 Å². The second kappa shape index (κ2) is 8.10. The average Bonchev–Trinajstić information content (AvgIpc) is 3.32. The molecule has 2 saturated heterocycles. The van der Waals surface area contributed by atoms with E-state index in [0.717, 1.165) is 44.2 Å². The third kappa shape index (κ3) is 5.39. The Morgan fingerprint density at radius 2 is 1.84 bits per heavy atom. The molecule has 8 nitrogen and oxygen atoms in total. The zero-order valence-electron chi connectivity index (χ0n) is 19.5. The maximum absolute atomic E-state index is 12.0. The molecule has 4 atom stereocenters. The van der Waals surface area contributed by atoms with Crippen molar-refractivity contribution in [3.8, 4) is 0 Å². The van der Waals surface area contributed by atoms with E-state index in [9.17, 15) is 19.2 Å². The first-order valence-corrected chi connectivity index (χ1v) is 11.4. The van der Waals surface area contributed by atoms with Gasteiger partial charge in [-0.2, -0.15) is 0 Å². The van der Waals surface area contributed by atoms with Crippen LogP contribution in [-0.4, -0.2) is 53.7 Å². The fourth-order valence-electron chi connectivity index (χ4n) is 5.18. The molecule has 0 aromatic heterocycles. The highest BCUT2D eigenvalue weighted by molar-refractivity contribution is 5.86. The Kier molecular flexibility index (Phi) is 6.15. The van der Waals surface area contributed by atoms with Crippen LogP contribution in [0.15, 0.2) is 0 Å². The van der Waals surface area contributed by atoms with E-state index in [2.05, 4.69) is 50.2 Å². The lowest BCUT2D eigenvalue weighted by atomic mass is 9.91. The minimum Gasteiger partial charge on any atom is -0.368 e. The SMILES string of the molecule is CC(C)(C)CC(=O)N1CC2C(C1)C2(C)C.NC(=O)[C@H](CC1CC2(CC2)NC1=O)NC=O. The van der Waals surface area contributed by atoms with E-state index in [-0.39, 0.29) is 22.8 Å². The van der Waals surface area contributed by atoms with E-state index in [1.807, 2.05) is 0 Å². The van der Waals surface area contributed by atoms with E-state index < -0.39 is 11.9 Å². The van der Waals surface area contributed by atoms with Crippen molar-refractivity contribution < 1.29 is 19.2 Å². The lowest BCUT2D eigenvalue weighted by Crippen LogP contribution is -2.42. The summed E-state index contributed by atoms with van der Waals surface area (Å²) in [7, 11) is 0. The van der Waals surface area contributed by atoms with Gasteiger partial charge < -0.3 is 21.3 Å². The molecule has 0 radical (unpaired) electrons. The number of nitrogens with one attached hydrogen (secondary N) is 2. The molecule has 174 valence electrons. The highest BCUT2D eigenvalue weighted by Gasteiger charge is 2.62. The molecule has 4 rings (SSSR count). The van der Waals surface area contributed by atoms with Crippen molar-refractivity contribution >= 4 is 24.1 Å². The molecule has 0 aromatic carbocycles. The summed E-state index contributed by atoms with van der Waals surface area (Å²) in [5.74, 6) is 1.06. The van der Waals surface area contributed by atoms with Crippen LogP contribution in [0.5, 0.6) is 0 Å². The average molecular weight is 435 g/mol. The molecule has 2 heterocycles. The summed E-state index contributed by atoms with van der Waals surface area (Å²) in [5, 5.41) is 5.28. The first-order valence-electron chi connectivity index (χ1n) is 11.4. The van der Waals surface area contributed by atoms with Gasteiger partial charge in [0.2, 0.25) is 24.1 Å². The molecule has 4 N–H and O–H groups in total. The number of hydrogen-bond donors (Lipinski definition) is 3. The number of amides is 4.